The van der Waals surface area contributed by atoms with Gasteiger partial charge in [-0.05, 0) is 18.4 Å². The molecule has 1 N–H and O–H groups in total. The van der Waals surface area contributed by atoms with Crippen molar-refractivity contribution in [2.45, 2.75) is 18.9 Å². The average Bonchev–Trinajstić information content (AvgIpc) is 2.95. The molecule has 104 valence electrons. The number of nitrogens with zero attached hydrogens (tertiary/aromatic N) is 3. The molecule has 3 rings (SSSR count). The molecule has 4 nitrogen and oxygen atoms in total. The van der Waals surface area contributed by atoms with Gasteiger partial charge in [0.15, 0.2) is 0 Å². The van der Waals surface area contributed by atoms with Crippen molar-refractivity contribution in [3.8, 4) is 0 Å². The Labute approximate surface area is 119 Å². The summed E-state index contributed by atoms with van der Waals surface area (Å²) in [4.78, 5) is 10.6. The fourth-order valence-corrected chi connectivity index (χ4v) is 2.69. The zero-order chi connectivity index (χ0) is 13.6. The van der Waals surface area contributed by atoms with Crippen LogP contribution in [0.3, 0.4) is 0 Å². The number of hydrogen-bond acceptors (Lipinski definition) is 4. The summed E-state index contributed by atoms with van der Waals surface area (Å²) < 4.78 is 0. The number of benzene rings is 1. The minimum atomic E-state index is 0.511. The second-order valence-electron chi connectivity index (χ2n) is 5.29. The summed E-state index contributed by atoms with van der Waals surface area (Å²) in [5, 5.41) is 3.50. The van der Waals surface area contributed by atoms with E-state index in [9.17, 15) is 0 Å². The van der Waals surface area contributed by atoms with Crippen molar-refractivity contribution in [3.63, 3.8) is 0 Å². The lowest BCUT2D eigenvalue weighted by molar-refractivity contribution is 0.340. The van der Waals surface area contributed by atoms with Crippen LogP contribution in [-0.2, 0) is 6.42 Å². The van der Waals surface area contributed by atoms with E-state index in [0.29, 0.717) is 6.04 Å². The molecular formula is C16H20N4. The summed E-state index contributed by atoms with van der Waals surface area (Å²) in [5.74, 6) is 0. The first-order valence-corrected chi connectivity index (χ1v) is 7.18. The number of aromatic nitrogens is 2. The van der Waals surface area contributed by atoms with Crippen LogP contribution in [0.2, 0.25) is 0 Å². The van der Waals surface area contributed by atoms with E-state index in [2.05, 4.69) is 50.5 Å². The third kappa shape index (κ3) is 3.54. The Bertz CT molecular complexity index is 515. The maximum Gasteiger partial charge on any atom is 0.115 e. The van der Waals surface area contributed by atoms with Crippen molar-refractivity contribution >= 4 is 5.69 Å². The van der Waals surface area contributed by atoms with Gasteiger partial charge in [0.05, 0.1) is 18.1 Å². The molecule has 1 fully saturated rings. The Hall–Kier alpha value is -1.94. The highest BCUT2D eigenvalue weighted by molar-refractivity contribution is 5.38. The lowest BCUT2D eigenvalue weighted by Crippen LogP contribution is -2.27. The van der Waals surface area contributed by atoms with Crippen LogP contribution in [0.4, 0.5) is 5.69 Å². The topological polar surface area (TPSA) is 41.0 Å². The normalized spacial score (nSPS) is 19.1. The second-order valence-corrected chi connectivity index (χ2v) is 5.29. The van der Waals surface area contributed by atoms with E-state index in [1.807, 2.05) is 12.4 Å². The van der Waals surface area contributed by atoms with Crippen molar-refractivity contribution < 1.29 is 0 Å². The van der Waals surface area contributed by atoms with Gasteiger partial charge < -0.3 is 10.2 Å². The molecule has 4 heteroatoms. The van der Waals surface area contributed by atoms with Gasteiger partial charge in [-0.25, -0.2) is 9.97 Å². The SMILES string of the molecule is c1ccc(CCN2CCC(Nc3cncnc3)C2)cc1. The van der Waals surface area contributed by atoms with Crippen LogP contribution in [0.1, 0.15) is 12.0 Å². The Morgan fingerprint density at radius 1 is 1.15 bits per heavy atom. The highest BCUT2D eigenvalue weighted by Gasteiger charge is 2.21. The van der Waals surface area contributed by atoms with Gasteiger partial charge in [0.25, 0.3) is 0 Å². The number of anilines is 1. The lowest BCUT2D eigenvalue weighted by atomic mass is 10.1. The highest BCUT2D eigenvalue weighted by atomic mass is 15.2. The van der Waals surface area contributed by atoms with E-state index in [0.717, 1.165) is 31.7 Å². The number of hydrogen-bond donors (Lipinski definition) is 1. The van der Waals surface area contributed by atoms with Crippen LogP contribution in [-0.4, -0.2) is 40.5 Å². The van der Waals surface area contributed by atoms with Crippen molar-refractivity contribution in [1.82, 2.24) is 14.9 Å². The van der Waals surface area contributed by atoms with E-state index in [4.69, 9.17) is 0 Å². The third-order valence-corrected chi connectivity index (χ3v) is 3.76. The molecule has 0 spiro atoms. The maximum atomic E-state index is 4.03. The molecule has 1 saturated heterocycles. The van der Waals surface area contributed by atoms with Gasteiger partial charge in [-0.15, -0.1) is 0 Å². The van der Waals surface area contributed by atoms with Crippen molar-refractivity contribution in [1.29, 1.82) is 0 Å². The first-order valence-electron chi connectivity index (χ1n) is 7.18. The lowest BCUT2D eigenvalue weighted by Gasteiger charge is -2.17. The zero-order valence-corrected chi connectivity index (χ0v) is 11.6. The van der Waals surface area contributed by atoms with E-state index in [-0.39, 0.29) is 0 Å². The van der Waals surface area contributed by atoms with Crippen LogP contribution in [0.5, 0.6) is 0 Å². The third-order valence-electron chi connectivity index (χ3n) is 3.76. The Morgan fingerprint density at radius 2 is 1.95 bits per heavy atom. The van der Waals surface area contributed by atoms with Gasteiger partial charge in [0.2, 0.25) is 0 Å². The van der Waals surface area contributed by atoms with E-state index >= 15 is 0 Å². The molecule has 2 aromatic rings. The highest BCUT2D eigenvalue weighted by Crippen LogP contribution is 2.15. The van der Waals surface area contributed by atoms with Crippen LogP contribution in [0, 0.1) is 0 Å². The molecule has 20 heavy (non-hydrogen) atoms. The first kappa shape index (κ1) is 13.1. The molecule has 1 aromatic heterocycles. The molecule has 1 unspecified atom stereocenters. The van der Waals surface area contributed by atoms with Crippen LogP contribution in [0.15, 0.2) is 49.1 Å². The molecule has 1 aliphatic heterocycles. The van der Waals surface area contributed by atoms with Gasteiger partial charge >= 0.3 is 0 Å². The monoisotopic (exact) mass is 268 g/mol. The van der Waals surface area contributed by atoms with Gasteiger partial charge in [0.1, 0.15) is 6.33 Å². The van der Waals surface area contributed by atoms with Crippen molar-refractivity contribution in [2.75, 3.05) is 25.0 Å². The fraction of sp³-hybridized carbons (Fsp3) is 0.375. The minimum absolute atomic E-state index is 0.511. The quantitative estimate of drug-likeness (QED) is 0.902. The Morgan fingerprint density at radius 3 is 2.75 bits per heavy atom. The minimum Gasteiger partial charge on any atom is -0.378 e. The maximum absolute atomic E-state index is 4.03. The van der Waals surface area contributed by atoms with Crippen LogP contribution >= 0.6 is 0 Å². The molecule has 1 atom stereocenters. The molecule has 0 radical (unpaired) electrons. The van der Waals surface area contributed by atoms with E-state index in [1.54, 1.807) is 6.33 Å². The van der Waals surface area contributed by atoms with Crippen molar-refractivity contribution in [2.24, 2.45) is 0 Å². The van der Waals surface area contributed by atoms with Crippen molar-refractivity contribution in [3.05, 3.63) is 54.6 Å². The first-order chi connectivity index (χ1) is 9.90. The molecule has 0 bridgehead atoms. The van der Waals surface area contributed by atoms with E-state index < -0.39 is 0 Å². The predicted molar refractivity (Wildman–Crippen MR) is 80.6 cm³/mol. The molecule has 0 saturated carbocycles. The van der Waals surface area contributed by atoms with E-state index in [1.165, 1.54) is 12.0 Å². The Balaban J connectivity index is 1.45. The number of rotatable bonds is 5. The summed E-state index contributed by atoms with van der Waals surface area (Å²) in [6, 6.07) is 11.2. The molecule has 0 amide bonds. The van der Waals surface area contributed by atoms with Gasteiger partial charge in [-0.2, -0.15) is 0 Å². The van der Waals surface area contributed by atoms with Crippen LogP contribution < -0.4 is 5.32 Å². The van der Waals surface area contributed by atoms with Gasteiger partial charge in [-0.3, -0.25) is 0 Å². The summed E-state index contributed by atoms with van der Waals surface area (Å²) in [7, 11) is 0. The summed E-state index contributed by atoms with van der Waals surface area (Å²) in [6.07, 6.45) is 7.54. The van der Waals surface area contributed by atoms with Gasteiger partial charge in [-0.1, -0.05) is 30.3 Å². The summed E-state index contributed by atoms with van der Waals surface area (Å²) in [5.41, 5.74) is 2.43. The summed E-state index contributed by atoms with van der Waals surface area (Å²) >= 11 is 0. The fourth-order valence-electron chi connectivity index (χ4n) is 2.69. The Kier molecular flexibility index (Phi) is 4.23. The molecular weight excluding hydrogens is 248 g/mol. The standard InChI is InChI=1S/C16H20N4/c1-2-4-14(5-3-1)6-8-20-9-7-15(12-20)19-16-10-17-13-18-11-16/h1-5,10-11,13,15,19H,6-9,12H2. The van der Waals surface area contributed by atoms with Crippen LogP contribution in [0.25, 0.3) is 0 Å². The molecule has 2 heterocycles. The number of nitrogens with one attached hydrogen (secondary N) is 1. The second kappa shape index (κ2) is 6.48. The molecule has 0 aliphatic carbocycles. The largest absolute Gasteiger partial charge is 0.378 e. The van der Waals surface area contributed by atoms with Gasteiger partial charge in [0, 0.05) is 25.7 Å². The average molecular weight is 268 g/mol. The smallest absolute Gasteiger partial charge is 0.115 e. The molecule has 1 aliphatic rings. The number of likely N-dealkylation sites (tertiary alicyclic amines) is 1. The predicted octanol–water partition coefficient (Wildman–Crippen LogP) is 2.21. The molecule has 1 aromatic carbocycles. The summed E-state index contributed by atoms with van der Waals surface area (Å²) in [6.45, 7) is 3.40. The zero-order valence-electron chi connectivity index (χ0n) is 11.6.